The summed E-state index contributed by atoms with van der Waals surface area (Å²) in [7, 11) is 0. The maximum atomic E-state index is 12.7. The Kier molecular flexibility index (Phi) is 6.77. The van der Waals surface area contributed by atoms with Crippen LogP contribution in [0.15, 0.2) is 60.7 Å². The maximum absolute atomic E-state index is 12.7. The second kappa shape index (κ2) is 9.90. The number of benzene rings is 2. The minimum absolute atomic E-state index is 0.0580. The van der Waals surface area contributed by atoms with E-state index in [-0.39, 0.29) is 24.5 Å². The predicted molar refractivity (Wildman–Crippen MR) is 124 cm³/mol. The summed E-state index contributed by atoms with van der Waals surface area (Å²) in [6.07, 6.45) is 4.09. The largest absolute Gasteiger partial charge is 0.481 e. The molecule has 0 heterocycles. The zero-order chi connectivity index (χ0) is 23.4. The molecule has 0 fully saturated rings. The Morgan fingerprint density at radius 3 is 2.30 bits per heavy atom. The third kappa shape index (κ3) is 4.92. The Hall–Kier alpha value is -3.61. The van der Waals surface area contributed by atoms with Gasteiger partial charge in [0.15, 0.2) is 0 Å². The summed E-state index contributed by atoms with van der Waals surface area (Å²) in [6, 6.07) is 15.0. The molecule has 7 heteroatoms. The highest BCUT2D eigenvalue weighted by atomic mass is 16.5. The van der Waals surface area contributed by atoms with Crippen molar-refractivity contribution in [3.8, 4) is 11.1 Å². The molecule has 0 saturated heterocycles. The number of carboxylic acid groups (broad SMARTS) is 1. The van der Waals surface area contributed by atoms with Crippen LogP contribution in [-0.4, -0.2) is 41.8 Å². The van der Waals surface area contributed by atoms with Gasteiger partial charge in [-0.2, -0.15) is 0 Å². The molecule has 2 aromatic carbocycles. The molecule has 0 aliphatic heterocycles. The highest BCUT2D eigenvalue weighted by Gasteiger charge is 2.30. The van der Waals surface area contributed by atoms with Gasteiger partial charge in [-0.25, -0.2) is 4.79 Å². The molecule has 2 aliphatic rings. The smallest absolute Gasteiger partial charge is 0.407 e. The van der Waals surface area contributed by atoms with Gasteiger partial charge in [0.2, 0.25) is 5.91 Å². The number of fused-ring (bicyclic) bond motifs is 3. The Morgan fingerprint density at radius 1 is 1.06 bits per heavy atom. The van der Waals surface area contributed by atoms with E-state index in [2.05, 4.69) is 22.8 Å². The van der Waals surface area contributed by atoms with Crippen molar-refractivity contribution in [2.45, 2.75) is 44.2 Å². The zero-order valence-electron chi connectivity index (χ0n) is 18.5. The lowest BCUT2D eigenvalue weighted by molar-refractivity contribution is -0.142. The van der Waals surface area contributed by atoms with Crippen molar-refractivity contribution in [2.24, 2.45) is 5.92 Å². The Labute approximate surface area is 192 Å². The lowest BCUT2D eigenvalue weighted by Crippen LogP contribution is -2.50. The number of carbonyl (C=O) groups is 3. The van der Waals surface area contributed by atoms with Crippen molar-refractivity contribution in [1.82, 2.24) is 10.6 Å². The molecular formula is C26H28N2O5. The van der Waals surface area contributed by atoms with Crippen LogP contribution in [0.5, 0.6) is 0 Å². The first-order valence-corrected chi connectivity index (χ1v) is 11.3. The quantitative estimate of drug-likeness (QED) is 0.558. The topological polar surface area (TPSA) is 105 Å². The number of hydrogen-bond acceptors (Lipinski definition) is 4. The number of carboxylic acids is 1. The van der Waals surface area contributed by atoms with E-state index in [1.54, 1.807) is 19.1 Å². The fourth-order valence-corrected chi connectivity index (χ4v) is 4.62. The van der Waals surface area contributed by atoms with Crippen molar-refractivity contribution in [3.05, 3.63) is 71.8 Å². The number of allylic oxidation sites excluding steroid dienone is 1. The highest BCUT2D eigenvalue weighted by molar-refractivity contribution is 5.86. The minimum Gasteiger partial charge on any atom is -0.481 e. The van der Waals surface area contributed by atoms with Gasteiger partial charge in [0, 0.05) is 12.0 Å². The van der Waals surface area contributed by atoms with Gasteiger partial charge >= 0.3 is 12.1 Å². The first kappa shape index (κ1) is 22.6. The summed E-state index contributed by atoms with van der Waals surface area (Å²) in [5.41, 5.74) is 4.53. The van der Waals surface area contributed by atoms with Crippen LogP contribution in [0.2, 0.25) is 0 Å². The van der Waals surface area contributed by atoms with Gasteiger partial charge in [-0.1, -0.05) is 67.6 Å². The average molecular weight is 449 g/mol. The third-order valence-corrected chi connectivity index (χ3v) is 6.36. The molecule has 0 saturated carbocycles. The van der Waals surface area contributed by atoms with Crippen LogP contribution in [0.1, 0.15) is 43.2 Å². The average Bonchev–Trinajstić information content (AvgIpc) is 3.15. The van der Waals surface area contributed by atoms with Gasteiger partial charge in [-0.15, -0.1) is 0 Å². The fraction of sp³-hybridized carbons (Fsp3) is 0.346. The molecule has 3 N–H and O–H groups in total. The molecule has 2 amide bonds. The molecule has 4 rings (SSSR count). The van der Waals surface area contributed by atoms with Gasteiger partial charge in [0.05, 0.1) is 5.92 Å². The van der Waals surface area contributed by atoms with Crippen molar-refractivity contribution in [2.75, 3.05) is 6.61 Å². The zero-order valence-corrected chi connectivity index (χ0v) is 18.5. The van der Waals surface area contributed by atoms with Gasteiger partial charge in [0.25, 0.3) is 0 Å². The van der Waals surface area contributed by atoms with Gasteiger partial charge in [-0.05, 0) is 41.5 Å². The maximum Gasteiger partial charge on any atom is 0.407 e. The number of hydrogen-bond donors (Lipinski definition) is 3. The third-order valence-electron chi connectivity index (χ3n) is 6.36. The number of nitrogens with one attached hydrogen (secondary N) is 2. The molecule has 33 heavy (non-hydrogen) atoms. The molecule has 0 spiro atoms. The first-order valence-electron chi connectivity index (χ1n) is 11.3. The number of alkyl carbamates (subject to hydrolysis) is 1. The first-order chi connectivity index (χ1) is 16.0. The summed E-state index contributed by atoms with van der Waals surface area (Å²) in [5, 5.41) is 14.7. The Bertz CT molecular complexity index is 1030. The van der Waals surface area contributed by atoms with E-state index in [1.165, 1.54) is 0 Å². The van der Waals surface area contributed by atoms with Gasteiger partial charge in [-0.3, -0.25) is 9.59 Å². The van der Waals surface area contributed by atoms with E-state index in [1.807, 2.05) is 36.4 Å². The number of rotatable bonds is 7. The van der Waals surface area contributed by atoms with Crippen LogP contribution in [0.3, 0.4) is 0 Å². The van der Waals surface area contributed by atoms with E-state index < -0.39 is 24.0 Å². The van der Waals surface area contributed by atoms with Crippen LogP contribution >= 0.6 is 0 Å². The van der Waals surface area contributed by atoms with E-state index in [0.29, 0.717) is 19.3 Å². The molecule has 7 nitrogen and oxygen atoms in total. The standard InChI is InChI=1S/C26H28N2O5/c1-2-23(24(29)27-17-9-7-8-16(14-17)25(30)31)28-26(32)33-15-22-20-12-5-3-10-18(20)19-11-4-6-13-21(19)22/h3-7,9-13,16-17,22-23H,2,8,14-15H2,1H3,(H,27,29)(H,28,32)(H,30,31)/t16-,17-,23-/m1/s1. The SMILES string of the molecule is CC[C@@H](NC(=O)OCC1c2ccccc2-c2ccccc21)C(=O)N[C@@H]1C=CC[C@@H](C(=O)O)C1. The lowest BCUT2D eigenvalue weighted by Gasteiger charge is -2.25. The van der Waals surface area contributed by atoms with Gasteiger partial charge < -0.3 is 20.5 Å². The second-order valence-electron chi connectivity index (χ2n) is 8.48. The number of ether oxygens (including phenoxy) is 1. The summed E-state index contributed by atoms with van der Waals surface area (Å²) >= 11 is 0. The lowest BCUT2D eigenvalue weighted by atomic mass is 9.91. The van der Waals surface area contributed by atoms with E-state index >= 15 is 0 Å². The summed E-state index contributed by atoms with van der Waals surface area (Å²) in [6.45, 7) is 1.97. The molecule has 0 radical (unpaired) electrons. The number of carbonyl (C=O) groups excluding carboxylic acids is 2. The van der Waals surface area contributed by atoms with Gasteiger partial charge in [0.1, 0.15) is 12.6 Å². The normalized spacial score (nSPS) is 19.8. The molecule has 2 aromatic rings. The van der Waals surface area contributed by atoms with Crippen molar-refractivity contribution in [1.29, 1.82) is 0 Å². The Morgan fingerprint density at radius 2 is 1.70 bits per heavy atom. The van der Waals surface area contributed by atoms with Crippen molar-refractivity contribution < 1.29 is 24.2 Å². The Balaban J connectivity index is 1.34. The van der Waals surface area contributed by atoms with Crippen LogP contribution in [-0.2, 0) is 14.3 Å². The fourth-order valence-electron chi connectivity index (χ4n) is 4.62. The van der Waals surface area contributed by atoms with Crippen molar-refractivity contribution in [3.63, 3.8) is 0 Å². The molecule has 3 atom stereocenters. The summed E-state index contributed by atoms with van der Waals surface area (Å²) < 4.78 is 5.54. The number of aliphatic carboxylic acids is 1. The monoisotopic (exact) mass is 448 g/mol. The predicted octanol–water partition coefficient (Wildman–Crippen LogP) is 3.84. The molecule has 0 bridgehead atoms. The molecular weight excluding hydrogens is 420 g/mol. The summed E-state index contributed by atoms with van der Waals surface area (Å²) in [4.78, 5) is 36.4. The molecule has 172 valence electrons. The van der Waals surface area contributed by atoms with E-state index in [4.69, 9.17) is 4.74 Å². The van der Waals surface area contributed by atoms with Crippen LogP contribution in [0.4, 0.5) is 4.79 Å². The second-order valence-corrected chi connectivity index (χ2v) is 8.48. The summed E-state index contributed by atoms with van der Waals surface area (Å²) in [5.74, 6) is -1.80. The van der Waals surface area contributed by atoms with Crippen LogP contribution in [0.25, 0.3) is 11.1 Å². The molecule has 2 aliphatic carbocycles. The van der Waals surface area contributed by atoms with E-state index in [0.717, 1.165) is 22.3 Å². The van der Waals surface area contributed by atoms with Crippen LogP contribution in [0, 0.1) is 5.92 Å². The highest BCUT2D eigenvalue weighted by Crippen LogP contribution is 2.44. The molecule has 0 unspecified atom stereocenters. The van der Waals surface area contributed by atoms with E-state index in [9.17, 15) is 19.5 Å². The molecule has 0 aromatic heterocycles. The van der Waals surface area contributed by atoms with Crippen molar-refractivity contribution >= 4 is 18.0 Å². The van der Waals surface area contributed by atoms with Crippen LogP contribution < -0.4 is 10.6 Å². The minimum atomic E-state index is -0.873. The number of amides is 2.